The van der Waals surface area contributed by atoms with E-state index in [1.807, 2.05) is 0 Å². The van der Waals surface area contributed by atoms with Crippen LogP contribution >= 0.6 is 0 Å². The van der Waals surface area contributed by atoms with Gasteiger partial charge in [0.1, 0.15) is 11.4 Å². The second-order valence-electron chi connectivity index (χ2n) is 5.76. The van der Waals surface area contributed by atoms with E-state index in [2.05, 4.69) is 10.3 Å². The molecule has 24 heavy (non-hydrogen) atoms. The number of carboxylic acids is 1. The number of aliphatic carboxylic acids is 1. The third-order valence-electron chi connectivity index (χ3n) is 3.69. The van der Waals surface area contributed by atoms with Crippen LogP contribution in [0.3, 0.4) is 0 Å². The molecule has 0 aliphatic rings. The first kappa shape index (κ1) is 17.4. The van der Waals surface area contributed by atoms with E-state index >= 15 is 0 Å². The average Bonchev–Trinajstić information content (AvgIpc) is 2.49. The lowest BCUT2D eigenvalue weighted by Crippen LogP contribution is -2.54. The van der Waals surface area contributed by atoms with Crippen LogP contribution < -0.4 is 10.9 Å². The molecular weight excluding hydrogens is 315 g/mol. The summed E-state index contributed by atoms with van der Waals surface area (Å²) in [6.07, 6.45) is -0.0171. The van der Waals surface area contributed by atoms with Crippen LogP contribution in [-0.2, 0) is 11.2 Å². The van der Waals surface area contributed by atoms with Crippen molar-refractivity contribution in [3.8, 4) is 0 Å². The Bertz CT molecular complexity index is 829. The predicted octanol–water partition coefficient (Wildman–Crippen LogP) is 1.64. The van der Waals surface area contributed by atoms with Gasteiger partial charge in [-0.2, -0.15) is 0 Å². The third kappa shape index (κ3) is 3.87. The van der Waals surface area contributed by atoms with Crippen molar-refractivity contribution in [3.63, 3.8) is 0 Å². The average molecular weight is 332 g/mol. The van der Waals surface area contributed by atoms with Gasteiger partial charge in [0.05, 0.1) is 5.56 Å². The van der Waals surface area contributed by atoms with Crippen LogP contribution in [0.25, 0.3) is 0 Å². The minimum Gasteiger partial charge on any atom is -0.480 e. The van der Waals surface area contributed by atoms with Crippen molar-refractivity contribution in [3.05, 3.63) is 69.4 Å². The summed E-state index contributed by atoms with van der Waals surface area (Å²) in [6.45, 7) is 2.92. The molecule has 0 saturated heterocycles. The molecule has 0 aliphatic heterocycles. The Balaban J connectivity index is 2.26. The summed E-state index contributed by atoms with van der Waals surface area (Å²) < 4.78 is 13.0. The number of pyridine rings is 1. The van der Waals surface area contributed by atoms with E-state index in [0.717, 1.165) is 0 Å². The fourth-order valence-electron chi connectivity index (χ4n) is 2.33. The van der Waals surface area contributed by atoms with E-state index in [9.17, 15) is 23.9 Å². The minimum atomic E-state index is -1.59. The maximum absolute atomic E-state index is 13.0. The van der Waals surface area contributed by atoms with Gasteiger partial charge < -0.3 is 15.4 Å². The Morgan fingerprint density at radius 2 is 1.83 bits per heavy atom. The number of hydrogen-bond acceptors (Lipinski definition) is 3. The molecule has 0 aliphatic carbocycles. The zero-order valence-electron chi connectivity index (χ0n) is 13.2. The number of nitrogens with one attached hydrogen (secondary N) is 2. The van der Waals surface area contributed by atoms with E-state index in [1.165, 1.54) is 43.3 Å². The number of aromatic nitrogens is 1. The van der Waals surface area contributed by atoms with E-state index in [4.69, 9.17) is 0 Å². The molecule has 6 nitrogen and oxygen atoms in total. The van der Waals surface area contributed by atoms with Crippen molar-refractivity contribution in [2.75, 3.05) is 0 Å². The molecule has 0 bridgehead atoms. The van der Waals surface area contributed by atoms with Crippen molar-refractivity contribution in [2.24, 2.45) is 0 Å². The van der Waals surface area contributed by atoms with Crippen molar-refractivity contribution in [1.82, 2.24) is 10.3 Å². The number of hydrogen-bond donors (Lipinski definition) is 3. The Morgan fingerprint density at radius 3 is 2.38 bits per heavy atom. The number of halogens is 1. The first-order chi connectivity index (χ1) is 11.2. The molecular formula is C17H17FN2O4. The van der Waals surface area contributed by atoms with Crippen LogP contribution in [0.2, 0.25) is 0 Å². The molecule has 126 valence electrons. The molecule has 0 saturated carbocycles. The van der Waals surface area contributed by atoms with Gasteiger partial charge in [0, 0.05) is 18.2 Å². The highest BCUT2D eigenvalue weighted by Crippen LogP contribution is 2.16. The summed E-state index contributed by atoms with van der Waals surface area (Å²) in [5, 5.41) is 12.0. The fraction of sp³-hybridized carbons (Fsp3) is 0.235. The van der Waals surface area contributed by atoms with Crippen molar-refractivity contribution >= 4 is 11.9 Å². The van der Waals surface area contributed by atoms with Crippen molar-refractivity contribution in [1.29, 1.82) is 0 Å². The summed E-state index contributed by atoms with van der Waals surface area (Å²) >= 11 is 0. The van der Waals surface area contributed by atoms with Crippen molar-refractivity contribution in [2.45, 2.75) is 25.8 Å². The summed E-state index contributed by atoms with van der Waals surface area (Å²) in [5.41, 5.74) is -0.843. The van der Waals surface area contributed by atoms with Gasteiger partial charge in [-0.05, 0) is 37.6 Å². The summed E-state index contributed by atoms with van der Waals surface area (Å²) in [6, 6.07) is 7.92. The van der Waals surface area contributed by atoms with Gasteiger partial charge in [-0.15, -0.1) is 0 Å². The molecule has 1 atom stereocenters. The van der Waals surface area contributed by atoms with Crippen LogP contribution in [0.4, 0.5) is 4.39 Å². The molecule has 3 N–H and O–H groups in total. The van der Waals surface area contributed by atoms with Crippen LogP contribution in [-0.4, -0.2) is 27.5 Å². The number of rotatable bonds is 5. The maximum Gasteiger partial charge on any atom is 0.329 e. The Labute approximate surface area is 137 Å². The molecule has 1 amide bonds. The summed E-state index contributed by atoms with van der Waals surface area (Å²) in [4.78, 5) is 37.7. The lowest BCUT2D eigenvalue weighted by molar-refractivity contribution is -0.143. The molecule has 1 heterocycles. The molecule has 1 aromatic heterocycles. The van der Waals surface area contributed by atoms with E-state index in [1.54, 1.807) is 6.92 Å². The molecule has 7 heteroatoms. The quantitative estimate of drug-likeness (QED) is 0.775. The Morgan fingerprint density at radius 1 is 1.21 bits per heavy atom. The van der Waals surface area contributed by atoms with E-state index in [0.29, 0.717) is 11.3 Å². The van der Waals surface area contributed by atoms with Gasteiger partial charge in [0.2, 0.25) is 5.56 Å². The summed E-state index contributed by atoms with van der Waals surface area (Å²) in [5.74, 6) is -2.26. The normalized spacial score (nSPS) is 13.1. The molecule has 2 aromatic rings. The molecule has 0 radical (unpaired) electrons. The third-order valence-corrected chi connectivity index (χ3v) is 3.69. The molecule has 1 unspecified atom stereocenters. The monoisotopic (exact) mass is 332 g/mol. The number of amides is 1. The number of carbonyl (C=O) groups is 2. The van der Waals surface area contributed by atoms with Crippen LogP contribution in [0.1, 0.15) is 28.5 Å². The van der Waals surface area contributed by atoms with Crippen LogP contribution in [0.5, 0.6) is 0 Å². The topological polar surface area (TPSA) is 99.3 Å². The number of benzene rings is 1. The number of H-pyrrole nitrogens is 1. The smallest absolute Gasteiger partial charge is 0.329 e. The number of carbonyl (C=O) groups excluding carboxylic acids is 1. The molecule has 0 fully saturated rings. The largest absolute Gasteiger partial charge is 0.480 e. The van der Waals surface area contributed by atoms with Gasteiger partial charge >= 0.3 is 5.97 Å². The minimum absolute atomic E-state index is 0.0171. The second kappa shape index (κ2) is 6.66. The highest BCUT2D eigenvalue weighted by Gasteiger charge is 2.35. The first-order valence-corrected chi connectivity index (χ1v) is 7.21. The Hall–Kier alpha value is -2.96. The highest BCUT2D eigenvalue weighted by molar-refractivity contribution is 5.98. The van der Waals surface area contributed by atoms with Crippen LogP contribution in [0.15, 0.2) is 41.2 Å². The highest BCUT2D eigenvalue weighted by atomic mass is 19.1. The molecule has 2 rings (SSSR count). The van der Waals surface area contributed by atoms with Gasteiger partial charge in [0.25, 0.3) is 5.91 Å². The van der Waals surface area contributed by atoms with E-state index in [-0.39, 0.29) is 17.5 Å². The standard InChI is InChI=1S/C17H17FN2O4/c1-10-13(7-8-14(21)19-10)15(22)20-17(2,16(23)24)9-11-3-5-12(18)6-4-11/h3-8H,9H2,1-2H3,(H,19,21)(H,20,22)(H,23,24). The van der Waals surface area contributed by atoms with Crippen molar-refractivity contribution < 1.29 is 19.1 Å². The van der Waals surface area contributed by atoms with Gasteiger partial charge in [0.15, 0.2) is 0 Å². The zero-order chi connectivity index (χ0) is 17.9. The van der Waals surface area contributed by atoms with Gasteiger partial charge in [-0.25, -0.2) is 9.18 Å². The SMILES string of the molecule is Cc1[nH]c(=O)ccc1C(=O)NC(C)(Cc1ccc(F)cc1)C(=O)O. The number of aryl methyl sites for hydroxylation is 1. The van der Waals surface area contributed by atoms with Crippen LogP contribution in [0, 0.1) is 12.7 Å². The Kier molecular flexibility index (Phi) is 4.82. The number of aromatic amines is 1. The lowest BCUT2D eigenvalue weighted by Gasteiger charge is -2.26. The molecule has 0 spiro atoms. The lowest BCUT2D eigenvalue weighted by atomic mass is 9.92. The van der Waals surface area contributed by atoms with Gasteiger partial charge in [-0.3, -0.25) is 9.59 Å². The first-order valence-electron chi connectivity index (χ1n) is 7.21. The fourth-order valence-corrected chi connectivity index (χ4v) is 2.33. The predicted molar refractivity (Wildman–Crippen MR) is 85.4 cm³/mol. The van der Waals surface area contributed by atoms with Gasteiger partial charge in [-0.1, -0.05) is 12.1 Å². The second-order valence-corrected chi connectivity index (χ2v) is 5.76. The van der Waals surface area contributed by atoms with E-state index < -0.39 is 23.2 Å². The zero-order valence-corrected chi connectivity index (χ0v) is 13.2. The summed E-state index contributed by atoms with van der Waals surface area (Å²) in [7, 11) is 0. The maximum atomic E-state index is 13.0. The number of carboxylic acid groups (broad SMARTS) is 1. The molecule has 1 aromatic carbocycles.